The number of hydrogen-bond donors (Lipinski definition) is 1. The van der Waals surface area contributed by atoms with Gasteiger partial charge < -0.3 is 61.9 Å². The Kier molecular flexibility index (Phi) is 17.1. The molecule has 7 rings (SSSR count). The quantitative estimate of drug-likeness (QED) is 0.166. The summed E-state index contributed by atoms with van der Waals surface area (Å²) >= 11 is 0. The van der Waals surface area contributed by atoms with Gasteiger partial charge in [-0.2, -0.15) is 0 Å². The van der Waals surface area contributed by atoms with Crippen LogP contribution in [0, 0.1) is 23.7 Å². The van der Waals surface area contributed by atoms with Gasteiger partial charge in [0.25, 0.3) is 0 Å². The number of ether oxygens (including phenoxy) is 12. The number of esters is 1. The maximum absolute atomic E-state index is 14.6. The minimum absolute atomic E-state index is 0.0514. The summed E-state index contributed by atoms with van der Waals surface area (Å²) in [6.45, 7) is 19.3. The van der Waals surface area contributed by atoms with Crippen molar-refractivity contribution in [2.75, 3.05) is 27.4 Å². The number of carbonyl (C=O) groups excluding carboxylic acids is 3. The van der Waals surface area contributed by atoms with Crippen LogP contribution in [0.25, 0.3) is 0 Å². The van der Waals surface area contributed by atoms with Crippen LogP contribution in [0.3, 0.4) is 0 Å². The molecular weight excluding hydrogens is 881 g/mol. The predicted octanol–water partition coefficient (Wildman–Crippen LogP) is 6.93. The molecule has 378 valence electrons. The topological polar surface area (TPSA) is 182 Å². The van der Waals surface area contributed by atoms with Crippen molar-refractivity contribution in [2.45, 2.75) is 185 Å². The highest BCUT2D eigenvalue weighted by Gasteiger charge is 2.61. The zero-order valence-corrected chi connectivity index (χ0v) is 41.4. The van der Waals surface area contributed by atoms with E-state index in [0.29, 0.717) is 30.4 Å². The van der Waals surface area contributed by atoms with Gasteiger partial charge in [-0.3, -0.25) is 9.59 Å². The molecule has 0 aromatic heterocycles. The minimum Gasteiger partial charge on any atom is -0.462 e. The fourth-order valence-electron chi connectivity index (χ4n) is 10.8. The lowest BCUT2D eigenvalue weighted by molar-refractivity contribution is -0.305. The zero-order chi connectivity index (χ0) is 49.1. The standard InChI is InChI=1S/C52H74O16/c1-12-21-59-50(55)66-46-32(7)22-38-49(54)63-37-23-36(67-51(26-37)20-19-31(6)45(68-51)28(3)13-2)18-17-30(5)44(29(4)15-14-16-35-27-60-48(46)52(35,38)56)64-42-25-40(58-11)47(34(9)62-42)65-41-24-39(57-10)43(53)33(8)61-41/h12,14-17,19-20,22,28-29,31,33-34,36-42,44-48,56H,1,13,18,21,23-27H2,2-11H3/b15-14+,30-17+,35-16+/t28-,29-,31-,33-,34-,36+,37-,38-,39-,40-,41-,42-,44-,45+,46+,47-,48+,51+,52+/m0/s1. The third-order valence-corrected chi connectivity index (χ3v) is 14.8. The monoisotopic (exact) mass is 954 g/mol. The maximum atomic E-state index is 14.6. The highest BCUT2D eigenvalue weighted by Crippen LogP contribution is 2.48. The Morgan fingerprint density at radius 1 is 0.956 bits per heavy atom. The van der Waals surface area contributed by atoms with Gasteiger partial charge in [-0.25, -0.2) is 4.79 Å². The van der Waals surface area contributed by atoms with Crippen LogP contribution >= 0.6 is 0 Å². The van der Waals surface area contributed by atoms with Gasteiger partial charge in [-0.1, -0.05) is 83.2 Å². The molecule has 16 nitrogen and oxygen atoms in total. The van der Waals surface area contributed by atoms with Crippen molar-refractivity contribution in [2.24, 2.45) is 23.7 Å². The Bertz CT molecular complexity index is 1980. The molecule has 19 atom stereocenters. The second-order valence-corrected chi connectivity index (χ2v) is 19.7. The number of carbonyl (C=O) groups is 3. The summed E-state index contributed by atoms with van der Waals surface area (Å²) in [4.78, 5) is 40.0. The fraction of sp³-hybridized carbons (Fsp3) is 0.712. The molecule has 6 aliphatic heterocycles. The van der Waals surface area contributed by atoms with Crippen molar-refractivity contribution < 1.29 is 76.3 Å². The van der Waals surface area contributed by atoms with E-state index in [0.717, 1.165) is 12.0 Å². The molecule has 1 aliphatic carbocycles. The second-order valence-electron chi connectivity index (χ2n) is 19.7. The van der Waals surface area contributed by atoms with Gasteiger partial charge in [-0.15, -0.1) is 0 Å². The summed E-state index contributed by atoms with van der Waals surface area (Å²) in [5.41, 5.74) is -0.128. The molecule has 0 aromatic carbocycles. The Hall–Kier alpha value is -3.55. The lowest BCUT2D eigenvalue weighted by Gasteiger charge is -2.48. The predicted molar refractivity (Wildman–Crippen MR) is 247 cm³/mol. The average molecular weight is 955 g/mol. The molecule has 68 heavy (non-hydrogen) atoms. The molecule has 0 amide bonds. The highest BCUT2D eigenvalue weighted by atomic mass is 16.7. The first kappa shape index (κ1) is 52.3. The van der Waals surface area contributed by atoms with Crippen LogP contribution in [0.4, 0.5) is 4.79 Å². The van der Waals surface area contributed by atoms with E-state index >= 15 is 0 Å². The molecule has 16 heteroatoms. The van der Waals surface area contributed by atoms with E-state index in [-0.39, 0.29) is 55.7 Å². The van der Waals surface area contributed by atoms with Crippen molar-refractivity contribution in [3.63, 3.8) is 0 Å². The van der Waals surface area contributed by atoms with Crippen molar-refractivity contribution in [3.8, 4) is 0 Å². The minimum atomic E-state index is -1.96. The molecule has 0 aromatic rings. The van der Waals surface area contributed by atoms with E-state index in [4.69, 9.17) is 56.8 Å². The molecular formula is C52H74O16. The molecule has 1 spiro atoms. The largest absolute Gasteiger partial charge is 0.509 e. The van der Waals surface area contributed by atoms with E-state index in [9.17, 15) is 19.5 Å². The summed E-state index contributed by atoms with van der Waals surface area (Å²) in [5.74, 6) is -3.02. The van der Waals surface area contributed by atoms with Crippen molar-refractivity contribution >= 4 is 17.9 Å². The fourth-order valence-corrected chi connectivity index (χ4v) is 10.8. The van der Waals surface area contributed by atoms with Crippen LogP contribution in [0.2, 0.25) is 0 Å². The SMILES string of the molecule is C=CCOC(=O)O[C@@H]1C(C)=C[C@H]2C(=O)O[C@H]3C[C@@H](C/C=C(\C)[C@@H](O[C@H]4C[C@H](OC)[C@@H](O[C@H]5C[C@H](OC)C(=O)[C@H](C)O5)[C@H](C)O4)[C@@H](C)/C=C/C=C4\CO[C@H]1[C@@]42O)O[C@@]1(C=C[C@H](C)[C@@H]([C@@H](C)CC)O1)C3. The third kappa shape index (κ3) is 11.1. The lowest BCUT2D eigenvalue weighted by Crippen LogP contribution is -2.59. The van der Waals surface area contributed by atoms with Gasteiger partial charge in [0.05, 0.1) is 37.1 Å². The van der Waals surface area contributed by atoms with E-state index in [1.54, 1.807) is 33.1 Å². The molecule has 1 N–H and O–H groups in total. The van der Waals surface area contributed by atoms with Crippen LogP contribution in [0.5, 0.6) is 0 Å². The number of hydrogen-bond acceptors (Lipinski definition) is 16. The summed E-state index contributed by atoms with van der Waals surface area (Å²) < 4.78 is 74.7. The molecule has 7 aliphatic rings. The summed E-state index contributed by atoms with van der Waals surface area (Å²) in [7, 11) is 3.13. The number of Topliss-reactive ketones (excluding diaryl/α,β-unsaturated/α-hetero) is 1. The van der Waals surface area contributed by atoms with Gasteiger partial charge >= 0.3 is 12.1 Å². The van der Waals surface area contributed by atoms with Crippen molar-refractivity contribution in [3.05, 3.63) is 71.9 Å². The maximum Gasteiger partial charge on any atom is 0.509 e. The van der Waals surface area contributed by atoms with Gasteiger partial charge in [0.2, 0.25) is 0 Å². The number of fused-ring (bicyclic) bond motifs is 2. The molecule has 4 fully saturated rings. The van der Waals surface area contributed by atoms with Crippen LogP contribution in [0.15, 0.2) is 71.9 Å². The number of ketones is 1. The molecule has 0 saturated carbocycles. The zero-order valence-electron chi connectivity index (χ0n) is 41.4. The molecule has 0 unspecified atom stereocenters. The van der Waals surface area contributed by atoms with Crippen molar-refractivity contribution in [1.29, 1.82) is 0 Å². The van der Waals surface area contributed by atoms with E-state index in [2.05, 4.69) is 39.5 Å². The molecule has 0 radical (unpaired) electrons. The summed E-state index contributed by atoms with van der Waals surface area (Å²) in [6, 6.07) is 0. The lowest BCUT2D eigenvalue weighted by atomic mass is 9.70. The number of allylic oxidation sites excluding steroid dienone is 2. The molecule has 6 heterocycles. The third-order valence-electron chi connectivity index (χ3n) is 14.8. The highest BCUT2D eigenvalue weighted by molar-refractivity contribution is 5.87. The average Bonchev–Trinajstić information content (AvgIpc) is 3.65. The first-order valence-corrected chi connectivity index (χ1v) is 24.4. The summed E-state index contributed by atoms with van der Waals surface area (Å²) in [5, 5.41) is 12.9. The molecule has 4 saturated heterocycles. The van der Waals surface area contributed by atoms with Gasteiger partial charge in [-0.05, 0) is 62.8 Å². The Balaban J connectivity index is 1.21. The van der Waals surface area contributed by atoms with Gasteiger partial charge in [0.15, 0.2) is 30.3 Å². The van der Waals surface area contributed by atoms with Crippen LogP contribution < -0.4 is 0 Å². The van der Waals surface area contributed by atoms with Crippen LogP contribution in [-0.4, -0.2) is 142 Å². The number of aliphatic hydroxyl groups is 1. The van der Waals surface area contributed by atoms with E-state index < -0.39 is 103 Å². The number of rotatable bonds is 11. The smallest absolute Gasteiger partial charge is 0.462 e. The normalized spacial score (nSPS) is 44.5. The summed E-state index contributed by atoms with van der Waals surface area (Å²) in [6.07, 6.45) is 8.30. The van der Waals surface area contributed by atoms with Crippen LogP contribution in [-0.2, 0) is 66.4 Å². The van der Waals surface area contributed by atoms with Gasteiger partial charge in [0, 0.05) is 51.7 Å². The van der Waals surface area contributed by atoms with Gasteiger partial charge in [0.1, 0.15) is 48.6 Å². The first-order chi connectivity index (χ1) is 32.4. The van der Waals surface area contributed by atoms with E-state index in [1.165, 1.54) is 13.2 Å². The Labute approximate surface area is 401 Å². The van der Waals surface area contributed by atoms with Crippen LogP contribution in [0.1, 0.15) is 93.9 Å². The second kappa shape index (κ2) is 22.3. The van der Waals surface area contributed by atoms with E-state index in [1.807, 2.05) is 39.0 Å². The Morgan fingerprint density at radius 2 is 1.72 bits per heavy atom. The number of methoxy groups -OCH3 is 2. The molecule has 2 bridgehead atoms. The Morgan fingerprint density at radius 3 is 2.44 bits per heavy atom. The first-order valence-electron chi connectivity index (χ1n) is 24.4. The van der Waals surface area contributed by atoms with Crippen molar-refractivity contribution in [1.82, 2.24) is 0 Å².